The topological polar surface area (TPSA) is 71.0 Å². The number of nitrogens with one attached hydrogen (secondary N) is 1. The fraction of sp³-hybridized carbons (Fsp3) is 0.364. The van der Waals surface area contributed by atoms with E-state index >= 15 is 0 Å². The van der Waals surface area contributed by atoms with Crippen molar-refractivity contribution in [2.45, 2.75) is 33.2 Å². The minimum atomic E-state index is -0.0172. The monoisotopic (exact) mass is 375 g/mol. The number of hydrogen-bond donors (Lipinski definition) is 1. The number of aryl methyl sites for hydroxylation is 2. The lowest BCUT2D eigenvalue weighted by molar-refractivity contribution is -0.125. The van der Waals surface area contributed by atoms with E-state index < -0.39 is 0 Å². The summed E-state index contributed by atoms with van der Waals surface area (Å²) in [6.45, 7) is 6.36. The lowest BCUT2D eigenvalue weighted by atomic mass is 9.96. The largest absolute Gasteiger partial charge is 0.369 e. The Morgan fingerprint density at radius 3 is 2.93 bits per heavy atom. The van der Waals surface area contributed by atoms with E-state index in [1.807, 2.05) is 12.3 Å². The molecule has 1 fully saturated rings. The van der Waals surface area contributed by atoms with Crippen molar-refractivity contribution in [2.24, 2.45) is 5.92 Å². The summed E-state index contributed by atoms with van der Waals surface area (Å²) in [7, 11) is 0. The Bertz CT molecular complexity index is 1000. The number of amides is 1. The summed E-state index contributed by atoms with van der Waals surface area (Å²) in [4.78, 5) is 28.0. The first-order chi connectivity index (χ1) is 13.6. The Balaban J connectivity index is 1.42. The van der Waals surface area contributed by atoms with Crippen molar-refractivity contribution in [2.75, 3.05) is 18.0 Å². The smallest absolute Gasteiger partial charge is 0.225 e. The average molecular weight is 375 g/mol. The third-order valence-corrected chi connectivity index (χ3v) is 5.42. The molecule has 1 unspecified atom stereocenters. The minimum absolute atomic E-state index is 0.0172. The van der Waals surface area contributed by atoms with Gasteiger partial charge in [0.15, 0.2) is 5.65 Å². The minimum Gasteiger partial charge on any atom is -0.369 e. The highest BCUT2D eigenvalue weighted by Gasteiger charge is 2.26. The zero-order valence-corrected chi connectivity index (χ0v) is 16.4. The third-order valence-electron chi connectivity index (χ3n) is 5.42. The molecular weight excluding hydrogens is 350 g/mol. The van der Waals surface area contributed by atoms with E-state index in [9.17, 15) is 4.79 Å². The molecule has 3 aromatic rings. The van der Waals surface area contributed by atoms with E-state index in [1.165, 1.54) is 16.7 Å². The van der Waals surface area contributed by atoms with E-state index in [1.54, 1.807) is 12.4 Å². The van der Waals surface area contributed by atoms with Crippen molar-refractivity contribution < 1.29 is 4.79 Å². The van der Waals surface area contributed by atoms with Crippen LogP contribution in [0.2, 0.25) is 0 Å². The van der Waals surface area contributed by atoms with Gasteiger partial charge < -0.3 is 10.2 Å². The molecule has 1 aliphatic heterocycles. The number of benzene rings is 1. The van der Waals surface area contributed by atoms with E-state index in [4.69, 9.17) is 0 Å². The van der Waals surface area contributed by atoms with Gasteiger partial charge in [0.2, 0.25) is 5.91 Å². The molecule has 144 valence electrons. The number of piperidine rings is 1. The van der Waals surface area contributed by atoms with Crippen LogP contribution in [0.25, 0.3) is 11.2 Å². The summed E-state index contributed by atoms with van der Waals surface area (Å²) in [5.74, 6) is 0.107. The average Bonchev–Trinajstić information content (AvgIpc) is 2.74. The Hall–Kier alpha value is -3.02. The van der Waals surface area contributed by atoms with E-state index in [0.717, 1.165) is 30.6 Å². The van der Waals surface area contributed by atoms with Crippen LogP contribution < -0.4 is 10.2 Å². The molecular formula is C22H25N5O. The van der Waals surface area contributed by atoms with Gasteiger partial charge in [-0.3, -0.25) is 9.78 Å². The lowest BCUT2D eigenvalue weighted by Gasteiger charge is -2.33. The maximum atomic E-state index is 12.8. The molecule has 1 aromatic carbocycles. The van der Waals surface area contributed by atoms with Crippen molar-refractivity contribution in [1.29, 1.82) is 0 Å². The second kappa shape index (κ2) is 7.92. The van der Waals surface area contributed by atoms with Crippen LogP contribution in [0.3, 0.4) is 0 Å². The Morgan fingerprint density at radius 1 is 1.18 bits per heavy atom. The summed E-state index contributed by atoms with van der Waals surface area (Å²) >= 11 is 0. The van der Waals surface area contributed by atoms with E-state index in [2.05, 4.69) is 57.2 Å². The molecule has 28 heavy (non-hydrogen) atoms. The fourth-order valence-electron chi connectivity index (χ4n) is 3.76. The van der Waals surface area contributed by atoms with E-state index in [-0.39, 0.29) is 11.8 Å². The summed E-state index contributed by atoms with van der Waals surface area (Å²) in [5, 5.41) is 3.13. The highest BCUT2D eigenvalue weighted by atomic mass is 16.1. The molecule has 1 atom stereocenters. The zero-order valence-electron chi connectivity index (χ0n) is 16.4. The van der Waals surface area contributed by atoms with Crippen LogP contribution in [-0.4, -0.2) is 33.9 Å². The predicted octanol–water partition coefficient (Wildman–Crippen LogP) is 3.17. The number of aromatic nitrogens is 3. The zero-order chi connectivity index (χ0) is 19.5. The molecule has 2 aromatic heterocycles. The number of anilines is 1. The molecule has 6 nitrogen and oxygen atoms in total. The van der Waals surface area contributed by atoms with Gasteiger partial charge in [-0.2, -0.15) is 0 Å². The van der Waals surface area contributed by atoms with Crippen molar-refractivity contribution in [1.82, 2.24) is 20.3 Å². The number of pyridine rings is 1. The summed E-state index contributed by atoms with van der Waals surface area (Å²) in [6, 6.07) is 8.35. The van der Waals surface area contributed by atoms with Crippen molar-refractivity contribution in [3.05, 3.63) is 59.5 Å². The molecule has 4 rings (SSSR count). The SMILES string of the molecule is Cc1ccc(C)c(CNC(=O)C2CCCN(c3cnc4nccnc4c3)C2)c1. The van der Waals surface area contributed by atoms with E-state index in [0.29, 0.717) is 18.7 Å². The summed E-state index contributed by atoms with van der Waals surface area (Å²) in [5.41, 5.74) is 6.02. The number of nitrogens with zero attached hydrogens (tertiary/aromatic N) is 4. The van der Waals surface area contributed by atoms with Gasteiger partial charge in [-0.25, -0.2) is 9.97 Å². The Morgan fingerprint density at radius 2 is 2.04 bits per heavy atom. The van der Waals surface area contributed by atoms with Gasteiger partial charge in [-0.15, -0.1) is 0 Å². The van der Waals surface area contributed by atoms with Crippen molar-refractivity contribution in [3.63, 3.8) is 0 Å². The highest BCUT2D eigenvalue weighted by Crippen LogP contribution is 2.24. The predicted molar refractivity (Wildman–Crippen MR) is 110 cm³/mol. The number of fused-ring (bicyclic) bond motifs is 1. The first kappa shape index (κ1) is 18.3. The summed E-state index contributed by atoms with van der Waals surface area (Å²) < 4.78 is 0. The molecule has 3 heterocycles. The molecule has 1 saturated heterocycles. The Kier molecular flexibility index (Phi) is 5.19. The summed E-state index contributed by atoms with van der Waals surface area (Å²) in [6.07, 6.45) is 7.04. The van der Waals surface area contributed by atoms with Crippen LogP contribution in [0.1, 0.15) is 29.5 Å². The van der Waals surface area contributed by atoms with Crippen LogP contribution in [0.4, 0.5) is 5.69 Å². The maximum Gasteiger partial charge on any atom is 0.225 e. The van der Waals surface area contributed by atoms with Crippen LogP contribution in [0.15, 0.2) is 42.9 Å². The fourth-order valence-corrected chi connectivity index (χ4v) is 3.76. The van der Waals surface area contributed by atoms with Crippen LogP contribution in [0.5, 0.6) is 0 Å². The number of carbonyl (C=O) groups excluding carboxylic acids is 1. The van der Waals surface area contributed by atoms with Gasteiger partial charge >= 0.3 is 0 Å². The molecule has 1 N–H and O–H groups in total. The van der Waals surface area contributed by atoms with Gasteiger partial charge in [0.1, 0.15) is 5.52 Å². The van der Waals surface area contributed by atoms with Crippen molar-refractivity contribution >= 4 is 22.8 Å². The maximum absolute atomic E-state index is 12.8. The van der Waals surface area contributed by atoms with Gasteiger partial charge in [0.25, 0.3) is 0 Å². The molecule has 6 heteroatoms. The Labute approximate surface area is 165 Å². The first-order valence-electron chi connectivity index (χ1n) is 9.76. The quantitative estimate of drug-likeness (QED) is 0.758. The number of hydrogen-bond acceptors (Lipinski definition) is 5. The van der Waals surface area contributed by atoms with Crippen LogP contribution in [-0.2, 0) is 11.3 Å². The lowest BCUT2D eigenvalue weighted by Crippen LogP contribution is -2.43. The molecule has 1 amide bonds. The number of rotatable bonds is 4. The molecule has 0 saturated carbocycles. The normalized spacial score (nSPS) is 16.9. The van der Waals surface area contributed by atoms with Crippen LogP contribution in [0, 0.1) is 19.8 Å². The van der Waals surface area contributed by atoms with Gasteiger partial charge in [0, 0.05) is 32.0 Å². The molecule has 0 aliphatic carbocycles. The molecule has 1 aliphatic rings. The highest BCUT2D eigenvalue weighted by molar-refractivity contribution is 5.80. The number of carbonyl (C=O) groups is 1. The molecule has 0 bridgehead atoms. The van der Waals surface area contributed by atoms with Crippen LogP contribution >= 0.6 is 0 Å². The molecule has 0 radical (unpaired) electrons. The second-order valence-corrected chi connectivity index (χ2v) is 7.53. The standard InChI is InChI=1S/C22H25N5O/c1-15-5-6-16(2)18(10-15)12-26-22(28)17-4-3-9-27(14-17)19-11-20-21(25-13-19)24-8-7-23-20/h5-8,10-11,13,17H,3-4,9,12,14H2,1-2H3,(H,26,28). The van der Waals surface area contributed by atoms with Crippen molar-refractivity contribution in [3.8, 4) is 0 Å². The second-order valence-electron chi connectivity index (χ2n) is 7.53. The van der Waals surface area contributed by atoms with Gasteiger partial charge in [0.05, 0.1) is 17.8 Å². The first-order valence-corrected chi connectivity index (χ1v) is 9.76. The van der Waals surface area contributed by atoms with Gasteiger partial charge in [-0.05, 0) is 43.9 Å². The molecule has 0 spiro atoms. The third kappa shape index (κ3) is 3.96. The van der Waals surface area contributed by atoms with Gasteiger partial charge in [-0.1, -0.05) is 23.8 Å².